The molecular weight excluding hydrogens is 929 g/mol. The average molecular weight is 974 g/mol. The molecule has 2 nitrogen and oxygen atoms in total. The molecule has 6 heterocycles. The monoisotopic (exact) mass is 972 g/mol. The number of carbonyl (C=O) groups is 1. The van der Waals surface area contributed by atoms with Crippen molar-refractivity contribution < 1.29 is 9.53 Å². The molecule has 1 aliphatic carbocycles. The molecule has 0 fully saturated rings. The highest BCUT2D eigenvalue weighted by atomic mass is 32.2. The van der Waals surface area contributed by atoms with Crippen LogP contribution in [0, 0.1) is 0 Å². The molecule has 0 unspecified atom stereocenters. The summed E-state index contributed by atoms with van der Waals surface area (Å²) in [5.41, 5.74) is 5.80. The number of allylic oxidation sites excluding steroid dienone is 2. The number of rotatable bonds is 5. The Morgan fingerprint density at radius 3 is 1.18 bits per heavy atom. The van der Waals surface area contributed by atoms with Gasteiger partial charge in [0, 0.05) is 81.1 Å². The number of thioether (sulfide) groups is 13. The van der Waals surface area contributed by atoms with E-state index < -0.39 is 0 Å². The Bertz CT molecular complexity index is 1980. The minimum Gasteiger partial charge on any atom is -0.468 e. The van der Waals surface area contributed by atoms with E-state index in [-0.39, 0.29) is 35.7 Å². The molecule has 0 saturated heterocycles. The first-order chi connectivity index (χ1) is 25.5. The molecular formula is C40H44O2S13. The van der Waals surface area contributed by atoms with E-state index in [9.17, 15) is 4.79 Å². The van der Waals surface area contributed by atoms with Gasteiger partial charge in [-0.25, -0.2) is 0 Å². The van der Waals surface area contributed by atoms with Gasteiger partial charge in [-0.1, -0.05) is 0 Å². The van der Waals surface area contributed by atoms with Crippen LogP contribution in [-0.2, 0) is 9.53 Å². The fourth-order valence-electron chi connectivity index (χ4n) is 7.62. The van der Waals surface area contributed by atoms with Crippen LogP contribution in [0.5, 0.6) is 0 Å². The average Bonchev–Trinajstić information content (AvgIpc) is 3.84. The van der Waals surface area contributed by atoms with Gasteiger partial charge in [-0.2, -0.15) is 0 Å². The Labute approximate surface area is 382 Å². The summed E-state index contributed by atoms with van der Waals surface area (Å²) in [6, 6.07) is 5.05. The Morgan fingerprint density at radius 2 is 0.855 bits per heavy atom. The molecule has 0 atom stereocenters. The van der Waals surface area contributed by atoms with Crippen molar-refractivity contribution in [2.24, 2.45) is 0 Å². The molecule has 0 saturated carbocycles. The Morgan fingerprint density at radius 1 is 0.527 bits per heavy atom. The number of methoxy groups -OCH3 is 1. The summed E-state index contributed by atoms with van der Waals surface area (Å²) in [6.07, 6.45) is 0. The van der Waals surface area contributed by atoms with Crippen LogP contribution in [0.15, 0.2) is 76.5 Å². The minimum absolute atomic E-state index is 0.0313. The number of hydrogen-bond acceptors (Lipinski definition) is 15. The SMILES string of the molecule is COC(=O)CSC1C2=C(SC(C)(C)S2)C(=C(c2c3c(cc4c2SC(C)(C)S4)SC(C)(C)S3)c2c3c(cc4c2SC(C)(C)S4)SC(C)(C)S3)C2=C1SC(C)(C)S2. The highest BCUT2D eigenvalue weighted by Gasteiger charge is 2.52. The Kier molecular flexibility index (Phi) is 10.8. The van der Waals surface area contributed by atoms with Gasteiger partial charge in [0.2, 0.25) is 0 Å². The van der Waals surface area contributed by atoms with Crippen molar-refractivity contribution in [3.8, 4) is 0 Å². The molecule has 0 aromatic heterocycles. The van der Waals surface area contributed by atoms with E-state index in [1.165, 1.54) is 88.2 Å². The molecule has 0 radical (unpaired) electrons. The molecule has 2 aromatic carbocycles. The standard InChI is InChI=1S/C40H44O2S13/c1-35(2)44-17-14-18-27(49-36(3,4)45-18)23(26(17)48-35)22(24-28-19(46-37(5,6)50-28)15-20-29(24)51-38(7,8)47-20)25-30-33(54-39(9,10)52-30)32(43-16-21(41)42-13)34-31(25)53-40(11,12)55-34/h14-15,32H,16H2,1-13H3. The zero-order valence-electron chi connectivity index (χ0n) is 33.1. The van der Waals surface area contributed by atoms with Crippen LogP contribution in [0.1, 0.15) is 94.2 Å². The maximum Gasteiger partial charge on any atom is 0.315 e. The van der Waals surface area contributed by atoms with Crippen LogP contribution in [0.25, 0.3) is 5.57 Å². The number of ether oxygens (including phenoxy) is 1. The number of carbonyl (C=O) groups excluding carboxylic acids is 1. The van der Waals surface area contributed by atoms with Gasteiger partial charge >= 0.3 is 5.97 Å². The summed E-state index contributed by atoms with van der Waals surface area (Å²) in [6.45, 7) is 28.8. The van der Waals surface area contributed by atoms with Crippen molar-refractivity contribution in [2.75, 3.05) is 12.9 Å². The van der Waals surface area contributed by atoms with Crippen LogP contribution >= 0.6 is 153 Å². The molecule has 6 aliphatic heterocycles. The molecule has 0 spiro atoms. The first-order valence-corrected chi connectivity index (χ1v) is 28.9. The summed E-state index contributed by atoms with van der Waals surface area (Å²) in [5, 5.41) is 0.104. The van der Waals surface area contributed by atoms with Gasteiger partial charge < -0.3 is 4.74 Å². The van der Waals surface area contributed by atoms with Crippen LogP contribution in [0.4, 0.5) is 0 Å². The van der Waals surface area contributed by atoms with E-state index >= 15 is 0 Å². The van der Waals surface area contributed by atoms with Gasteiger partial charge in [-0.3, -0.25) is 4.79 Å². The minimum atomic E-state index is -0.157. The largest absolute Gasteiger partial charge is 0.468 e. The van der Waals surface area contributed by atoms with Crippen molar-refractivity contribution in [3.05, 3.63) is 48.5 Å². The zero-order chi connectivity index (χ0) is 39.4. The molecule has 0 amide bonds. The summed E-state index contributed by atoms with van der Waals surface area (Å²) >= 11 is 26.4. The van der Waals surface area contributed by atoms with E-state index in [1.807, 2.05) is 70.6 Å². The van der Waals surface area contributed by atoms with Gasteiger partial charge in [-0.15, -0.1) is 153 Å². The first-order valence-electron chi connectivity index (χ1n) is 18.1. The van der Waals surface area contributed by atoms with Gasteiger partial charge in [-0.05, 0) is 95.2 Å². The zero-order valence-corrected chi connectivity index (χ0v) is 43.7. The van der Waals surface area contributed by atoms with E-state index in [0.29, 0.717) is 5.75 Å². The Hall–Kier alpha value is 1.68. The van der Waals surface area contributed by atoms with E-state index in [4.69, 9.17) is 4.74 Å². The molecule has 7 aliphatic rings. The highest BCUT2D eigenvalue weighted by molar-refractivity contribution is 8.27. The second-order valence-electron chi connectivity index (χ2n) is 16.8. The number of hydrogen-bond donors (Lipinski definition) is 0. The lowest BCUT2D eigenvalue weighted by Gasteiger charge is -2.31. The van der Waals surface area contributed by atoms with Crippen molar-refractivity contribution in [1.82, 2.24) is 0 Å². The molecule has 55 heavy (non-hydrogen) atoms. The van der Waals surface area contributed by atoms with Crippen LogP contribution in [0.2, 0.25) is 0 Å². The van der Waals surface area contributed by atoms with Crippen molar-refractivity contribution in [2.45, 2.75) is 152 Å². The highest BCUT2D eigenvalue weighted by Crippen LogP contribution is 2.74. The quantitative estimate of drug-likeness (QED) is 0.266. The van der Waals surface area contributed by atoms with Gasteiger partial charge in [0.05, 0.1) is 42.6 Å². The third kappa shape index (κ3) is 7.66. The van der Waals surface area contributed by atoms with Crippen molar-refractivity contribution in [1.29, 1.82) is 0 Å². The normalized spacial score (nSPS) is 26.5. The second kappa shape index (κ2) is 14.1. The lowest BCUT2D eigenvalue weighted by Crippen LogP contribution is -2.18. The molecule has 2 aromatic rings. The lowest BCUT2D eigenvalue weighted by atomic mass is 9.89. The van der Waals surface area contributed by atoms with Crippen molar-refractivity contribution in [3.63, 3.8) is 0 Å². The predicted octanol–water partition coefficient (Wildman–Crippen LogP) is 16.4. The molecule has 0 bridgehead atoms. The van der Waals surface area contributed by atoms with Crippen molar-refractivity contribution >= 4 is 164 Å². The maximum atomic E-state index is 12.8. The van der Waals surface area contributed by atoms with Crippen LogP contribution in [0.3, 0.4) is 0 Å². The lowest BCUT2D eigenvalue weighted by molar-refractivity contribution is -0.137. The third-order valence-electron chi connectivity index (χ3n) is 9.27. The van der Waals surface area contributed by atoms with Gasteiger partial charge in [0.15, 0.2) is 0 Å². The smallest absolute Gasteiger partial charge is 0.315 e. The number of benzene rings is 2. The van der Waals surface area contributed by atoms with E-state index in [0.717, 1.165) is 0 Å². The van der Waals surface area contributed by atoms with E-state index in [2.05, 4.69) is 166 Å². The predicted molar refractivity (Wildman–Crippen MR) is 263 cm³/mol. The van der Waals surface area contributed by atoms with Crippen LogP contribution in [-0.4, -0.2) is 48.6 Å². The summed E-state index contributed by atoms with van der Waals surface area (Å²) in [5.74, 6) is 0.185. The molecule has 9 rings (SSSR count). The maximum absolute atomic E-state index is 12.8. The molecule has 15 heteroatoms. The fourth-order valence-corrected chi connectivity index (χ4v) is 26.8. The second-order valence-corrected chi connectivity index (χ2v) is 39.3. The third-order valence-corrected chi connectivity index (χ3v) is 27.7. The van der Waals surface area contributed by atoms with E-state index in [1.54, 1.807) is 11.8 Å². The van der Waals surface area contributed by atoms with Gasteiger partial charge in [0.25, 0.3) is 0 Å². The molecule has 294 valence electrons. The molecule has 0 N–H and O–H groups in total. The first kappa shape index (κ1) is 42.0. The summed E-state index contributed by atoms with van der Waals surface area (Å²) in [4.78, 5) is 30.0. The fraction of sp³-hybridized carbons (Fsp3) is 0.525. The Balaban J connectivity index is 1.45. The van der Waals surface area contributed by atoms with Gasteiger partial charge in [0.1, 0.15) is 0 Å². The number of esters is 1. The summed E-state index contributed by atoms with van der Waals surface area (Å²) < 4.78 is 5.25. The van der Waals surface area contributed by atoms with Crippen LogP contribution < -0.4 is 0 Å². The number of fused-ring (bicyclic) bond motifs is 4. The topological polar surface area (TPSA) is 26.3 Å². The summed E-state index contributed by atoms with van der Waals surface area (Å²) in [7, 11) is 1.51.